The molecule has 1 N–H and O–H groups in total. The smallest absolute Gasteiger partial charge is 0.339 e. The van der Waals surface area contributed by atoms with E-state index in [4.69, 9.17) is 4.74 Å². The first kappa shape index (κ1) is 13.6. The summed E-state index contributed by atoms with van der Waals surface area (Å²) in [7, 11) is 0. The van der Waals surface area contributed by atoms with E-state index in [0.717, 1.165) is 10.0 Å². The number of fused-ring (bicyclic) bond motifs is 1. The Morgan fingerprint density at radius 1 is 1.33 bits per heavy atom. The summed E-state index contributed by atoms with van der Waals surface area (Å²) in [4.78, 5) is 15.4. The van der Waals surface area contributed by atoms with Gasteiger partial charge < -0.3 is 9.84 Å². The highest BCUT2D eigenvalue weighted by Gasteiger charge is 2.14. The third-order valence-corrected chi connectivity index (χ3v) is 3.37. The summed E-state index contributed by atoms with van der Waals surface area (Å²) in [5.74, 6) is -0.414. The Kier molecular flexibility index (Phi) is 3.34. The molecule has 0 fully saturated rings. The average molecular weight is 348 g/mol. The van der Waals surface area contributed by atoms with Crippen molar-refractivity contribution in [2.24, 2.45) is 0 Å². The Hall–Kier alpha value is -2.41. The Bertz CT molecular complexity index is 845. The van der Waals surface area contributed by atoms with Gasteiger partial charge in [0.2, 0.25) is 5.88 Å². The third kappa shape index (κ3) is 2.59. The number of nitrogens with zero attached hydrogens (tertiary/aromatic N) is 3. The van der Waals surface area contributed by atoms with E-state index < -0.39 is 5.97 Å². The minimum atomic E-state index is -1.06. The first-order chi connectivity index (χ1) is 10.0. The molecular weight excluding hydrogens is 338 g/mol. The summed E-state index contributed by atoms with van der Waals surface area (Å²) >= 11 is 3.31. The molecule has 2 heterocycles. The Labute approximate surface area is 128 Å². The topological polar surface area (TPSA) is 76.7 Å². The van der Waals surface area contributed by atoms with Crippen molar-refractivity contribution in [1.29, 1.82) is 0 Å². The van der Waals surface area contributed by atoms with E-state index in [9.17, 15) is 9.90 Å². The Balaban J connectivity index is 2.12. The zero-order valence-electron chi connectivity index (χ0n) is 10.9. The monoisotopic (exact) mass is 347 g/mol. The molecule has 0 radical (unpaired) electrons. The maximum Gasteiger partial charge on any atom is 0.339 e. The van der Waals surface area contributed by atoms with Crippen LogP contribution in [0.1, 0.15) is 15.9 Å². The normalized spacial score (nSPS) is 10.8. The van der Waals surface area contributed by atoms with Crippen LogP contribution in [0.2, 0.25) is 0 Å². The van der Waals surface area contributed by atoms with Gasteiger partial charge in [-0.25, -0.2) is 9.78 Å². The molecule has 7 heteroatoms. The minimum Gasteiger partial charge on any atom is -0.478 e. The lowest BCUT2D eigenvalue weighted by atomic mass is 10.2. The fraction of sp³-hybridized carbons (Fsp3) is 0.0714. The van der Waals surface area contributed by atoms with Gasteiger partial charge >= 0.3 is 5.97 Å². The summed E-state index contributed by atoms with van der Waals surface area (Å²) in [6.07, 6.45) is 1.42. The van der Waals surface area contributed by atoms with E-state index in [-0.39, 0.29) is 11.3 Å². The largest absolute Gasteiger partial charge is 0.478 e. The molecule has 106 valence electrons. The molecule has 2 aromatic heterocycles. The quantitative estimate of drug-likeness (QED) is 0.786. The molecule has 3 aromatic rings. The molecule has 0 amide bonds. The van der Waals surface area contributed by atoms with Crippen LogP contribution in [-0.2, 0) is 0 Å². The number of rotatable bonds is 3. The standard InChI is InChI=1S/C14H10BrN3O3/c1-8-4-12-16-7-17-18(12)13(5-8)21-11-6-9(15)2-3-10(11)14(19)20/h2-7H,1H3,(H,19,20). The first-order valence-electron chi connectivity index (χ1n) is 6.05. The van der Waals surface area contributed by atoms with Crippen LogP contribution in [0.15, 0.2) is 41.1 Å². The molecule has 0 aliphatic heterocycles. The highest BCUT2D eigenvalue weighted by Crippen LogP contribution is 2.29. The number of halogens is 1. The van der Waals surface area contributed by atoms with Gasteiger partial charge in [-0.1, -0.05) is 15.9 Å². The molecule has 3 rings (SSSR count). The molecule has 1 aromatic carbocycles. The SMILES string of the molecule is Cc1cc(Oc2cc(Br)ccc2C(=O)O)n2ncnc2c1. The molecule has 0 saturated carbocycles. The van der Waals surface area contributed by atoms with E-state index in [2.05, 4.69) is 26.0 Å². The van der Waals surface area contributed by atoms with Crippen molar-refractivity contribution >= 4 is 27.5 Å². The molecule has 21 heavy (non-hydrogen) atoms. The maximum atomic E-state index is 11.3. The van der Waals surface area contributed by atoms with Crippen LogP contribution in [0.4, 0.5) is 0 Å². The van der Waals surface area contributed by atoms with Crippen LogP contribution in [-0.4, -0.2) is 25.7 Å². The molecule has 0 aliphatic rings. The van der Waals surface area contributed by atoms with Crippen molar-refractivity contribution < 1.29 is 14.6 Å². The van der Waals surface area contributed by atoms with Gasteiger partial charge in [0.15, 0.2) is 5.65 Å². The Morgan fingerprint density at radius 3 is 2.90 bits per heavy atom. The molecule has 0 atom stereocenters. The van der Waals surface area contributed by atoms with Gasteiger partial charge in [0, 0.05) is 10.5 Å². The van der Waals surface area contributed by atoms with Gasteiger partial charge in [-0.3, -0.25) is 0 Å². The second-order valence-corrected chi connectivity index (χ2v) is 5.36. The van der Waals surface area contributed by atoms with Crippen LogP contribution < -0.4 is 4.74 Å². The number of aromatic carboxylic acids is 1. The van der Waals surface area contributed by atoms with Gasteiger partial charge in [-0.15, -0.1) is 0 Å². The van der Waals surface area contributed by atoms with E-state index in [1.54, 1.807) is 18.2 Å². The van der Waals surface area contributed by atoms with Crippen LogP contribution in [0.3, 0.4) is 0 Å². The maximum absolute atomic E-state index is 11.3. The lowest BCUT2D eigenvalue weighted by Gasteiger charge is -2.10. The number of pyridine rings is 1. The van der Waals surface area contributed by atoms with Crippen molar-refractivity contribution in [2.75, 3.05) is 0 Å². The molecule has 6 nitrogen and oxygen atoms in total. The number of carboxylic acid groups (broad SMARTS) is 1. The Morgan fingerprint density at radius 2 is 2.14 bits per heavy atom. The van der Waals surface area contributed by atoms with Crippen molar-refractivity contribution in [3.63, 3.8) is 0 Å². The third-order valence-electron chi connectivity index (χ3n) is 2.88. The molecular formula is C14H10BrN3O3. The number of hydrogen-bond acceptors (Lipinski definition) is 4. The predicted molar refractivity (Wildman–Crippen MR) is 78.9 cm³/mol. The average Bonchev–Trinajstić information content (AvgIpc) is 2.86. The highest BCUT2D eigenvalue weighted by molar-refractivity contribution is 9.10. The number of aryl methyl sites for hydroxylation is 1. The van der Waals surface area contributed by atoms with E-state index in [0.29, 0.717) is 11.5 Å². The fourth-order valence-corrected chi connectivity index (χ4v) is 2.30. The lowest BCUT2D eigenvalue weighted by Crippen LogP contribution is -2.02. The van der Waals surface area contributed by atoms with Gasteiger partial charge in [-0.2, -0.15) is 9.61 Å². The number of carbonyl (C=O) groups is 1. The lowest BCUT2D eigenvalue weighted by molar-refractivity contribution is 0.0694. The fourth-order valence-electron chi connectivity index (χ4n) is 1.96. The predicted octanol–water partition coefficient (Wildman–Crippen LogP) is 3.29. The summed E-state index contributed by atoms with van der Waals surface area (Å²) in [6.45, 7) is 1.90. The number of aromatic nitrogens is 3. The molecule has 0 saturated heterocycles. The zero-order chi connectivity index (χ0) is 15.0. The highest BCUT2D eigenvalue weighted by atomic mass is 79.9. The van der Waals surface area contributed by atoms with Gasteiger partial charge in [0.05, 0.1) is 0 Å². The van der Waals surface area contributed by atoms with Gasteiger partial charge in [0.25, 0.3) is 0 Å². The van der Waals surface area contributed by atoms with Crippen molar-refractivity contribution in [3.8, 4) is 11.6 Å². The van der Waals surface area contributed by atoms with E-state index in [1.165, 1.54) is 16.9 Å². The number of carboxylic acids is 1. The molecule has 0 unspecified atom stereocenters. The molecule has 0 spiro atoms. The second kappa shape index (κ2) is 5.17. The first-order valence-corrected chi connectivity index (χ1v) is 6.85. The molecule has 0 bridgehead atoms. The van der Waals surface area contributed by atoms with Crippen LogP contribution in [0.25, 0.3) is 5.65 Å². The molecule has 0 aliphatic carbocycles. The number of benzene rings is 1. The number of hydrogen-bond donors (Lipinski definition) is 1. The number of ether oxygens (including phenoxy) is 1. The van der Waals surface area contributed by atoms with Crippen molar-refractivity contribution in [3.05, 3.63) is 52.3 Å². The van der Waals surface area contributed by atoms with Crippen molar-refractivity contribution in [2.45, 2.75) is 6.92 Å². The summed E-state index contributed by atoms with van der Waals surface area (Å²) in [6, 6.07) is 8.37. The van der Waals surface area contributed by atoms with Gasteiger partial charge in [0.1, 0.15) is 17.6 Å². The van der Waals surface area contributed by atoms with Crippen LogP contribution in [0, 0.1) is 6.92 Å². The van der Waals surface area contributed by atoms with Gasteiger partial charge in [-0.05, 0) is 36.8 Å². The van der Waals surface area contributed by atoms with Crippen LogP contribution >= 0.6 is 15.9 Å². The minimum absolute atomic E-state index is 0.0768. The van der Waals surface area contributed by atoms with Crippen LogP contribution in [0.5, 0.6) is 11.6 Å². The van der Waals surface area contributed by atoms with Crippen molar-refractivity contribution in [1.82, 2.24) is 14.6 Å². The van der Waals surface area contributed by atoms with E-state index >= 15 is 0 Å². The van der Waals surface area contributed by atoms with E-state index in [1.807, 2.05) is 13.0 Å². The summed E-state index contributed by atoms with van der Waals surface area (Å²) < 4.78 is 7.99. The summed E-state index contributed by atoms with van der Waals surface area (Å²) in [5.41, 5.74) is 1.65. The zero-order valence-corrected chi connectivity index (χ0v) is 12.5. The second-order valence-electron chi connectivity index (χ2n) is 4.45. The summed E-state index contributed by atoms with van der Waals surface area (Å²) in [5, 5.41) is 13.3.